The molecule has 0 bridgehead atoms. The van der Waals surface area contributed by atoms with Gasteiger partial charge in [-0.15, -0.1) is 0 Å². The van der Waals surface area contributed by atoms with Crippen molar-refractivity contribution in [2.24, 2.45) is 0 Å². The molecule has 9 heteroatoms. The van der Waals surface area contributed by atoms with Crippen LogP contribution in [0.1, 0.15) is 17.3 Å². The van der Waals surface area contributed by atoms with Crippen LogP contribution < -0.4 is 20.1 Å². The normalized spacial score (nSPS) is 10.7. The zero-order valence-electron chi connectivity index (χ0n) is 14.5. The summed E-state index contributed by atoms with van der Waals surface area (Å²) < 4.78 is 32.7. The summed E-state index contributed by atoms with van der Waals surface area (Å²) in [4.78, 5) is 22.7. The molecular weight excluding hydrogens is 358 g/mol. The highest BCUT2D eigenvalue weighted by Gasteiger charge is 2.18. The molecule has 0 atom stereocenters. The second kappa shape index (κ2) is 7.87. The van der Waals surface area contributed by atoms with E-state index in [0.717, 1.165) is 0 Å². The Morgan fingerprint density at radius 2 is 1.69 bits per heavy atom. The lowest BCUT2D eigenvalue weighted by Crippen LogP contribution is -2.18. The van der Waals surface area contributed by atoms with Gasteiger partial charge in [0.05, 0.1) is 17.7 Å². The molecule has 0 unspecified atom stereocenters. The number of carbonyl (C=O) groups is 2. The molecule has 0 saturated heterocycles. The number of sulfonamides is 1. The summed E-state index contributed by atoms with van der Waals surface area (Å²) >= 11 is 0. The molecule has 2 amide bonds. The second-order valence-electron chi connectivity index (χ2n) is 5.31. The Morgan fingerprint density at radius 1 is 1.04 bits per heavy atom. The van der Waals surface area contributed by atoms with E-state index in [2.05, 4.69) is 15.4 Å². The number of nitrogens with one attached hydrogen (secondary N) is 3. The van der Waals surface area contributed by atoms with E-state index in [9.17, 15) is 18.0 Å². The van der Waals surface area contributed by atoms with E-state index in [0.29, 0.717) is 11.3 Å². The van der Waals surface area contributed by atoms with Crippen molar-refractivity contribution < 1.29 is 22.7 Å². The predicted octanol–water partition coefficient (Wildman–Crippen LogP) is 1.81. The summed E-state index contributed by atoms with van der Waals surface area (Å²) in [6.45, 7) is 1.36. The van der Waals surface area contributed by atoms with Gasteiger partial charge in [-0.1, -0.05) is 0 Å². The molecule has 0 radical (unpaired) electrons. The highest BCUT2D eigenvalue weighted by atomic mass is 32.2. The minimum absolute atomic E-state index is 0.0176. The average molecular weight is 377 g/mol. The third-order valence-electron chi connectivity index (χ3n) is 3.42. The Morgan fingerprint density at radius 3 is 2.23 bits per heavy atom. The van der Waals surface area contributed by atoms with Crippen LogP contribution in [0.2, 0.25) is 0 Å². The van der Waals surface area contributed by atoms with Crippen LogP contribution in [-0.4, -0.2) is 34.4 Å². The Bertz CT molecular complexity index is 924. The number of hydrogen-bond donors (Lipinski definition) is 3. The van der Waals surface area contributed by atoms with E-state index in [1.807, 2.05) is 0 Å². The molecule has 0 spiro atoms. The van der Waals surface area contributed by atoms with E-state index in [-0.39, 0.29) is 28.1 Å². The largest absolute Gasteiger partial charge is 0.495 e. The van der Waals surface area contributed by atoms with Crippen molar-refractivity contribution in [2.75, 3.05) is 24.2 Å². The number of amides is 2. The van der Waals surface area contributed by atoms with Gasteiger partial charge in [0.1, 0.15) is 5.75 Å². The molecule has 138 valence electrons. The van der Waals surface area contributed by atoms with Gasteiger partial charge in [-0.05, 0) is 42.5 Å². The van der Waals surface area contributed by atoms with Crippen LogP contribution in [0.3, 0.4) is 0 Å². The second-order valence-corrected chi connectivity index (χ2v) is 6.99. The summed E-state index contributed by atoms with van der Waals surface area (Å²) in [5.74, 6) is -0.351. The first-order valence-electron chi connectivity index (χ1n) is 7.57. The number of rotatable bonds is 6. The fourth-order valence-corrected chi connectivity index (χ4v) is 3.26. The maximum absolute atomic E-state index is 12.5. The molecule has 26 heavy (non-hydrogen) atoms. The molecule has 3 N–H and O–H groups in total. The highest BCUT2D eigenvalue weighted by Crippen LogP contribution is 2.28. The van der Waals surface area contributed by atoms with Gasteiger partial charge in [-0.3, -0.25) is 14.3 Å². The Balaban J connectivity index is 2.28. The van der Waals surface area contributed by atoms with Gasteiger partial charge in [0.25, 0.3) is 15.9 Å². The van der Waals surface area contributed by atoms with Crippen LogP contribution in [0.25, 0.3) is 0 Å². The van der Waals surface area contributed by atoms with Crippen molar-refractivity contribution in [1.82, 2.24) is 5.32 Å². The first-order chi connectivity index (χ1) is 12.3. The monoisotopic (exact) mass is 377 g/mol. The number of anilines is 2. The van der Waals surface area contributed by atoms with Crippen LogP contribution in [0, 0.1) is 0 Å². The van der Waals surface area contributed by atoms with Crippen molar-refractivity contribution in [1.29, 1.82) is 0 Å². The smallest absolute Gasteiger partial charge is 0.262 e. The van der Waals surface area contributed by atoms with Crippen molar-refractivity contribution in [2.45, 2.75) is 11.8 Å². The number of methoxy groups -OCH3 is 1. The van der Waals surface area contributed by atoms with Crippen LogP contribution in [0.15, 0.2) is 47.4 Å². The fourth-order valence-electron chi connectivity index (χ4n) is 2.19. The minimum Gasteiger partial charge on any atom is -0.495 e. The number of ether oxygens (including phenoxy) is 1. The zero-order valence-corrected chi connectivity index (χ0v) is 15.3. The molecule has 0 aromatic heterocycles. The lowest BCUT2D eigenvalue weighted by Gasteiger charge is -2.13. The number of benzene rings is 2. The summed E-state index contributed by atoms with van der Waals surface area (Å²) in [5.41, 5.74) is 1.03. The molecule has 0 aliphatic rings. The van der Waals surface area contributed by atoms with Gasteiger partial charge in [0.15, 0.2) is 0 Å². The summed E-state index contributed by atoms with van der Waals surface area (Å²) in [7, 11) is -0.999. The summed E-state index contributed by atoms with van der Waals surface area (Å²) in [6.07, 6.45) is 0. The van der Waals surface area contributed by atoms with Crippen LogP contribution >= 0.6 is 0 Å². The topological polar surface area (TPSA) is 114 Å². The SMILES string of the molecule is CNC(=O)c1ccc(NS(=O)(=O)c2ccc(NC(C)=O)cc2)c(OC)c1. The number of hydrogen-bond acceptors (Lipinski definition) is 5. The van der Waals surface area contributed by atoms with Gasteiger partial charge in [0.2, 0.25) is 5.91 Å². The molecule has 0 fully saturated rings. The van der Waals surface area contributed by atoms with Crippen LogP contribution in [0.4, 0.5) is 11.4 Å². The molecule has 2 aromatic carbocycles. The molecular formula is C17H19N3O5S. The van der Waals surface area contributed by atoms with E-state index in [1.165, 1.54) is 63.5 Å². The van der Waals surface area contributed by atoms with Gasteiger partial charge < -0.3 is 15.4 Å². The van der Waals surface area contributed by atoms with Crippen molar-refractivity contribution in [3.05, 3.63) is 48.0 Å². The predicted molar refractivity (Wildman–Crippen MR) is 97.9 cm³/mol. The lowest BCUT2D eigenvalue weighted by atomic mass is 10.2. The van der Waals surface area contributed by atoms with Crippen LogP contribution in [-0.2, 0) is 14.8 Å². The Labute approximate surface area is 151 Å². The molecule has 0 saturated carbocycles. The average Bonchev–Trinajstić information content (AvgIpc) is 2.61. The summed E-state index contributed by atoms with van der Waals surface area (Å²) in [6, 6.07) is 10.1. The lowest BCUT2D eigenvalue weighted by molar-refractivity contribution is -0.114. The quantitative estimate of drug-likeness (QED) is 0.710. The van der Waals surface area contributed by atoms with E-state index < -0.39 is 10.0 Å². The standard InChI is InChI=1S/C17H19N3O5S/c1-11(21)19-13-5-7-14(8-6-13)26(23,24)20-15-9-4-12(17(22)18-2)10-16(15)25-3/h4-10,20H,1-3H3,(H,18,22)(H,19,21). The third kappa shape index (κ3) is 4.51. The fraction of sp³-hybridized carbons (Fsp3) is 0.176. The maximum Gasteiger partial charge on any atom is 0.262 e. The first kappa shape index (κ1) is 19.3. The molecule has 0 heterocycles. The minimum atomic E-state index is -3.87. The van der Waals surface area contributed by atoms with Gasteiger partial charge in [-0.2, -0.15) is 0 Å². The van der Waals surface area contributed by atoms with Gasteiger partial charge in [-0.25, -0.2) is 8.42 Å². The van der Waals surface area contributed by atoms with Gasteiger partial charge >= 0.3 is 0 Å². The van der Waals surface area contributed by atoms with E-state index in [1.54, 1.807) is 0 Å². The van der Waals surface area contributed by atoms with Crippen molar-refractivity contribution >= 4 is 33.2 Å². The third-order valence-corrected chi connectivity index (χ3v) is 4.80. The van der Waals surface area contributed by atoms with Crippen molar-refractivity contribution in [3.8, 4) is 5.75 Å². The summed E-state index contributed by atoms with van der Waals surface area (Å²) in [5, 5.41) is 5.04. The highest BCUT2D eigenvalue weighted by molar-refractivity contribution is 7.92. The first-order valence-corrected chi connectivity index (χ1v) is 9.05. The zero-order chi connectivity index (χ0) is 19.3. The Kier molecular flexibility index (Phi) is 5.83. The maximum atomic E-state index is 12.5. The van der Waals surface area contributed by atoms with Crippen LogP contribution in [0.5, 0.6) is 5.75 Å². The Hall–Kier alpha value is -3.07. The van der Waals surface area contributed by atoms with E-state index >= 15 is 0 Å². The number of carbonyl (C=O) groups excluding carboxylic acids is 2. The molecule has 2 aromatic rings. The molecule has 0 aliphatic carbocycles. The molecule has 8 nitrogen and oxygen atoms in total. The van der Waals surface area contributed by atoms with Gasteiger partial charge in [0, 0.05) is 25.2 Å². The molecule has 0 aliphatic heterocycles. The molecule has 2 rings (SSSR count). The van der Waals surface area contributed by atoms with Crippen molar-refractivity contribution in [3.63, 3.8) is 0 Å². The van der Waals surface area contributed by atoms with E-state index in [4.69, 9.17) is 4.74 Å².